The fraction of sp³-hybridized carbons (Fsp3) is 0.882. The molecular formula is C17H36N2O2. The van der Waals surface area contributed by atoms with Crippen molar-refractivity contribution < 1.29 is 9.59 Å². The van der Waals surface area contributed by atoms with Crippen molar-refractivity contribution >= 4 is 11.8 Å². The summed E-state index contributed by atoms with van der Waals surface area (Å²) in [6.07, 6.45) is 3.02. The Kier molecular flexibility index (Phi) is 13.4. The smallest absolute Gasteiger partial charge is 0.225 e. The Balaban J connectivity index is 0. The number of carbonyl (C=O) groups is 2. The molecule has 4 nitrogen and oxygen atoms in total. The first-order chi connectivity index (χ1) is 9.76. The molecule has 0 aliphatic heterocycles. The standard InChI is InChI=1S/C9H19NO.C8H17NO/c1-5-8(4)9(11)10(6-2)7-3;1-5-6-7(2)8(10)9(3)4/h8H,5-7H2,1-4H3;7H,5-6H2,1-4H3. The summed E-state index contributed by atoms with van der Waals surface area (Å²) in [5.74, 6) is 0.911. The van der Waals surface area contributed by atoms with Gasteiger partial charge in [-0.15, -0.1) is 0 Å². The lowest BCUT2D eigenvalue weighted by molar-refractivity contribution is -0.134. The third-order valence-corrected chi connectivity index (χ3v) is 3.69. The quantitative estimate of drug-likeness (QED) is 0.723. The van der Waals surface area contributed by atoms with Gasteiger partial charge in [0.05, 0.1) is 0 Å². The molecule has 0 aliphatic carbocycles. The number of hydrogen-bond donors (Lipinski definition) is 0. The number of hydrogen-bond acceptors (Lipinski definition) is 2. The van der Waals surface area contributed by atoms with E-state index in [9.17, 15) is 9.59 Å². The van der Waals surface area contributed by atoms with E-state index in [0.29, 0.717) is 0 Å². The van der Waals surface area contributed by atoms with Crippen molar-refractivity contribution in [2.45, 2.75) is 60.8 Å². The van der Waals surface area contributed by atoms with Crippen LogP contribution in [0.2, 0.25) is 0 Å². The van der Waals surface area contributed by atoms with Gasteiger partial charge in [0.25, 0.3) is 0 Å². The van der Waals surface area contributed by atoms with E-state index in [1.54, 1.807) is 19.0 Å². The first kappa shape index (κ1) is 22.2. The molecule has 0 N–H and O–H groups in total. The molecule has 0 aromatic carbocycles. The lowest BCUT2D eigenvalue weighted by Gasteiger charge is -2.21. The third kappa shape index (κ3) is 9.48. The predicted octanol–water partition coefficient (Wildman–Crippen LogP) is 3.41. The van der Waals surface area contributed by atoms with Gasteiger partial charge in [0.2, 0.25) is 11.8 Å². The van der Waals surface area contributed by atoms with Gasteiger partial charge >= 0.3 is 0 Å². The van der Waals surface area contributed by atoms with Crippen LogP contribution in [0.5, 0.6) is 0 Å². The van der Waals surface area contributed by atoms with E-state index < -0.39 is 0 Å². The van der Waals surface area contributed by atoms with Crippen molar-refractivity contribution in [2.24, 2.45) is 11.8 Å². The minimum absolute atomic E-state index is 0.190. The van der Waals surface area contributed by atoms with Crippen molar-refractivity contribution in [2.75, 3.05) is 27.2 Å². The average molecular weight is 300 g/mol. The molecular weight excluding hydrogens is 264 g/mol. The van der Waals surface area contributed by atoms with Crippen LogP contribution in [-0.2, 0) is 9.59 Å². The van der Waals surface area contributed by atoms with Crippen molar-refractivity contribution in [1.82, 2.24) is 9.80 Å². The molecule has 4 heteroatoms. The fourth-order valence-corrected chi connectivity index (χ4v) is 2.02. The lowest BCUT2D eigenvalue weighted by atomic mass is 10.1. The summed E-state index contributed by atoms with van der Waals surface area (Å²) in [5.41, 5.74) is 0. The second-order valence-corrected chi connectivity index (χ2v) is 5.74. The zero-order valence-corrected chi connectivity index (χ0v) is 15.4. The molecule has 2 amide bonds. The molecule has 0 radical (unpaired) electrons. The Morgan fingerprint density at radius 2 is 1.33 bits per heavy atom. The highest BCUT2D eigenvalue weighted by atomic mass is 16.2. The molecule has 0 fully saturated rings. The van der Waals surface area contributed by atoms with Crippen LogP contribution in [0.4, 0.5) is 0 Å². The Bertz CT molecular complexity index is 287. The van der Waals surface area contributed by atoms with Crippen molar-refractivity contribution in [1.29, 1.82) is 0 Å². The van der Waals surface area contributed by atoms with Crippen LogP contribution < -0.4 is 0 Å². The molecule has 0 heterocycles. The van der Waals surface area contributed by atoms with Crippen LogP contribution in [0.15, 0.2) is 0 Å². The highest BCUT2D eigenvalue weighted by Gasteiger charge is 2.15. The topological polar surface area (TPSA) is 40.6 Å². The minimum atomic E-state index is 0.190. The van der Waals surface area contributed by atoms with Crippen LogP contribution in [-0.4, -0.2) is 48.8 Å². The second kappa shape index (κ2) is 12.7. The number of nitrogens with zero attached hydrogens (tertiary/aromatic N) is 2. The highest BCUT2D eigenvalue weighted by Crippen LogP contribution is 2.07. The summed E-state index contributed by atoms with van der Waals surface area (Å²) < 4.78 is 0. The largest absolute Gasteiger partial charge is 0.349 e. The van der Waals surface area contributed by atoms with Gasteiger partial charge in [0, 0.05) is 39.0 Å². The maximum atomic E-state index is 11.5. The number of amides is 2. The Morgan fingerprint density at radius 1 is 0.857 bits per heavy atom. The Morgan fingerprint density at radius 3 is 1.62 bits per heavy atom. The van der Waals surface area contributed by atoms with Crippen molar-refractivity contribution in [3.8, 4) is 0 Å². The molecule has 2 atom stereocenters. The summed E-state index contributed by atoms with van der Waals surface area (Å²) in [6.45, 7) is 13.8. The third-order valence-electron chi connectivity index (χ3n) is 3.69. The molecule has 0 bridgehead atoms. The summed E-state index contributed by atoms with van der Waals surface area (Å²) in [5, 5.41) is 0. The van der Waals surface area contributed by atoms with E-state index in [0.717, 1.165) is 32.4 Å². The molecule has 0 aromatic rings. The van der Waals surface area contributed by atoms with Gasteiger partial charge in [-0.25, -0.2) is 0 Å². The van der Waals surface area contributed by atoms with Crippen molar-refractivity contribution in [3.63, 3.8) is 0 Å². The normalized spacial score (nSPS) is 12.8. The SMILES string of the molecule is CCC(C)C(=O)N(CC)CC.CCCC(C)C(=O)N(C)C. The second-order valence-electron chi connectivity index (χ2n) is 5.74. The maximum Gasteiger partial charge on any atom is 0.225 e. The van der Waals surface area contributed by atoms with Gasteiger partial charge in [-0.3, -0.25) is 9.59 Å². The van der Waals surface area contributed by atoms with E-state index in [-0.39, 0.29) is 23.7 Å². The average Bonchev–Trinajstić information content (AvgIpc) is 2.47. The Hall–Kier alpha value is -1.06. The molecule has 126 valence electrons. The van der Waals surface area contributed by atoms with Gasteiger partial charge in [0.15, 0.2) is 0 Å². The van der Waals surface area contributed by atoms with E-state index >= 15 is 0 Å². The van der Waals surface area contributed by atoms with Crippen LogP contribution >= 0.6 is 0 Å². The summed E-state index contributed by atoms with van der Waals surface area (Å²) >= 11 is 0. The molecule has 0 saturated heterocycles. The zero-order valence-electron chi connectivity index (χ0n) is 15.4. The van der Waals surface area contributed by atoms with Gasteiger partial charge in [-0.05, 0) is 26.7 Å². The van der Waals surface area contributed by atoms with Crippen LogP contribution in [0.1, 0.15) is 60.8 Å². The van der Waals surface area contributed by atoms with E-state index in [1.807, 2.05) is 39.5 Å². The van der Waals surface area contributed by atoms with Crippen LogP contribution in [0.25, 0.3) is 0 Å². The monoisotopic (exact) mass is 300 g/mol. The summed E-state index contributed by atoms with van der Waals surface area (Å²) in [7, 11) is 3.60. The van der Waals surface area contributed by atoms with E-state index in [4.69, 9.17) is 0 Å². The summed E-state index contributed by atoms with van der Waals surface area (Å²) in [4.78, 5) is 26.2. The first-order valence-electron chi connectivity index (χ1n) is 8.26. The predicted molar refractivity (Wildman–Crippen MR) is 90.1 cm³/mol. The number of rotatable bonds is 7. The van der Waals surface area contributed by atoms with Crippen LogP contribution in [0.3, 0.4) is 0 Å². The summed E-state index contributed by atoms with van der Waals surface area (Å²) in [6, 6.07) is 0. The molecule has 0 saturated carbocycles. The van der Waals surface area contributed by atoms with E-state index in [2.05, 4.69) is 6.92 Å². The first-order valence-corrected chi connectivity index (χ1v) is 8.26. The van der Waals surface area contributed by atoms with Gasteiger partial charge < -0.3 is 9.80 Å². The maximum absolute atomic E-state index is 11.5. The minimum Gasteiger partial charge on any atom is -0.349 e. The molecule has 0 aliphatic rings. The lowest BCUT2D eigenvalue weighted by Crippen LogP contribution is -2.34. The van der Waals surface area contributed by atoms with Gasteiger partial charge in [-0.1, -0.05) is 34.1 Å². The molecule has 0 rings (SSSR count). The van der Waals surface area contributed by atoms with Crippen LogP contribution in [0, 0.1) is 11.8 Å². The number of carbonyl (C=O) groups excluding carboxylic acids is 2. The van der Waals surface area contributed by atoms with Crippen molar-refractivity contribution in [3.05, 3.63) is 0 Å². The van der Waals surface area contributed by atoms with E-state index in [1.165, 1.54) is 0 Å². The highest BCUT2D eigenvalue weighted by molar-refractivity contribution is 5.78. The fourth-order valence-electron chi connectivity index (χ4n) is 2.02. The molecule has 0 spiro atoms. The molecule has 21 heavy (non-hydrogen) atoms. The zero-order chi connectivity index (χ0) is 17.0. The Labute approximate surface area is 131 Å². The molecule has 2 unspecified atom stereocenters. The van der Waals surface area contributed by atoms with Gasteiger partial charge in [0.1, 0.15) is 0 Å². The van der Waals surface area contributed by atoms with Gasteiger partial charge in [-0.2, -0.15) is 0 Å². The molecule has 0 aromatic heterocycles.